The number of likely N-dealkylation sites (N-methyl/N-ethyl adjacent to an activating group) is 1. The van der Waals surface area contributed by atoms with E-state index in [1.165, 1.54) is 4.88 Å². The normalized spacial score (nSPS) is 12.3. The van der Waals surface area contributed by atoms with Gasteiger partial charge in [0, 0.05) is 37.3 Å². The molecule has 23 heavy (non-hydrogen) atoms. The molecular weight excluding hydrogens is 443 g/mol. The molecule has 0 aliphatic carbocycles. The van der Waals surface area contributed by atoms with Crippen LogP contribution in [0.1, 0.15) is 11.8 Å². The number of rotatable bonds is 8. The number of nitrogens with zero attached hydrogens (tertiary/aromatic N) is 2. The van der Waals surface area contributed by atoms with Crippen molar-refractivity contribution in [3.8, 4) is 0 Å². The number of halogens is 1. The van der Waals surface area contributed by atoms with Crippen molar-refractivity contribution in [2.75, 3.05) is 40.0 Å². The lowest BCUT2D eigenvalue weighted by molar-refractivity contribution is -0.127. The number of hydrogen-bond acceptors (Lipinski definition) is 4. The monoisotopic (exact) mass is 470 g/mol. The van der Waals surface area contributed by atoms with Crippen LogP contribution in [0.25, 0.3) is 0 Å². The lowest BCUT2D eigenvalue weighted by atomic mass is 10.3. The van der Waals surface area contributed by atoms with Crippen LogP contribution in [0.3, 0.4) is 0 Å². The lowest BCUT2D eigenvalue weighted by Crippen LogP contribution is -2.41. The number of aliphatic imine (C=N–C) groups is 1. The number of thiophene rings is 1. The molecule has 0 spiro atoms. The van der Waals surface area contributed by atoms with E-state index in [0.717, 1.165) is 19.5 Å². The Morgan fingerprint density at radius 2 is 2.17 bits per heavy atom. The van der Waals surface area contributed by atoms with Crippen LogP contribution in [-0.2, 0) is 11.2 Å². The summed E-state index contributed by atoms with van der Waals surface area (Å²) in [5.74, 6) is 0.699. The summed E-state index contributed by atoms with van der Waals surface area (Å²) in [6, 6.07) is 4.19. The van der Waals surface area contributed by atoms with E-state index in [4.69, 9.17) is 0 Å². The third-order valence-electron chi connectivity index (χ3n) is 3.07. The summed E-state index contributed by atoms with van der Waals surface area (Å²) in [7, 11) is 3.48. The highest BCUT2D eigenvalue weighted by Crippen LogP contribution is 2.08. The number of carbonyl (C=O) groups excluding carboxylic acids is 1. The maximum atomic E-state index is 11.7. The van der Waals surface area contributed by atoms with Crippen molar-refractivity contribution >= 4 is 58.9 Å². The zero-order chi connectivity index (χ0) is 16.4. The highest BCUT2D eigenvalue weighted by atomic mass is 127. The molecule has 0 aliphatic heterocycles. The van der Waals surface area contributed by atoms with Gasteiger partial charge in [0.05, 0.1) is 0 Å². The molecule has 1 atom stereocenters. The Balaban J connectivity index is 0.00000484. The third-order valence-corrected chi connectivity index (χ3v) is 4.98. The smallest absolute Gasteiger partial charge is 0.243 e. The fourth-order valence-electron chi connectivity index (χ4n) is 1.55. The fraction of sp³-hybridized carbons (Fsp3) is 0.600. The summed E-state index contributed by atoms with van der Waals surface area (Å²) in [6.45, 7) is 3.94. The molecule has 5 nitrogen and oxygen atoms in total. The van der Waals surface area contributed by atoms with Gasteiger partial charge in [-0.1, -0.05) is 13.0 Å². The summed E-state index contributed by atoms with van der Waals surface area (Å²) in [5, 5.41) is 9.17. The van der Waals surface area contributed by atoms with E-state index < -0.39 is 0 Å². The van der Waals surface area contributed by atoms with Gasteiger partial charge < -0.3 is 15.5 Å². The van der Waals surface area contributed by atoms with E-state index in [9.17, 15) is 4.79 Å². The van der Waals surface area contributed by atoms with Crippen LogP contribution in [0.5, 0.6) is 0 Å². The Labute approximate surface area is 164 Å². The van der Waals surface area contributed by atoms with E-state index >= 15 is 0 Å². The summed E-state index contributed by atoms with van der Waals surface area (Å²) < 4.78 is 0. The van der Waals surface area contributed by atoms with Gasteiger partial charge in [-0.15, -0.1) is 35.3 Å². The molecule has 0 aliphatic rings. The van der Waals surface area contributed by atoms with Gasteiger partial charge in [0.1, 0.15) is 6.54 Å². The quantitative estimate of drug-likeness (QED) is 0.348. The van der Waals surface area contributed by atoms with Gasteiger partial charge in [0.25, 0.3) is 0 Å². The maximum Gasteiger partial charge on any atom is 0.243 e. The van der Waals surface area contributed by atoms with Crippen molar-refractivity contribution in [2.24, 2.45) is 4.99 Å². The molecule has 8 heteroatoms. The second-order valence-electron chi connectivity index (χ2n) is 5.14. The van der Waals surface area contributed by atoms with Crippen LogP contribution >= 0.6 is 47.1 Å². The van der Waals surface area contributed by atoms with Gasteiger partial charge in [-0.2, -0.15) is 11.8 Å². The third kappa shape index (κ3) is 10.1. The summed E-state index contributed by atoms with van der Waals surface area (Å²) >= 11 is 3.55. The van der Waals surface area contributed by atoms with Crippen molar-refractivity contribution in [3.63, 3.8) is 0 Å². The molecule has 0 bridgehead atoms. The molecule has 0 aromatic carbocycles. The summed E-state index contributed by atoms with van der Waals surface area (Å²) in [5.41, 5.74) is 0. The number of amides is 1. The predicted octanol–water partition coefficient (Wildman–Crippen LogP) is 2.28. The standard InChI is InChI=1S/C15H26N4OS2.HI/c1-12(21-4)10-17-15(18-11-14(20)19(2)3)16-8-7-13-6-5-9-22-13;/h5-6,9,12H,7-8,10-11H2,1-4H3,(H2,16,17,18);1H. The predicted molar refractivity (Wildman–Crippen MR) is 113 cm³/mol. The van der Waals surface area contributed by atoms with E-state index in [1.54, 1.807) is 42.1 Å². The molecule has 1 aromatic rings. The van der Waals surface area contributed by atoms with E-state index in [-0.39, 0.29) is 36.4 Å². The van der Waals surface area contributed by atoms with Crippen molar-refractivity contribution in [3.05, 3.63) is 22.4 Å². The minimum atomic E-state index is -0.00253. The van der Waals surface area contributed by atoms with E-state index in [1.807, 2.05) is 0 Å². The number of thioether (sulfide) groups is 1. The minimum absolute atomic E-state index is 0. The minimum Gasteiger partial charge on any atom is -0.356 e. The van der Waals surface area contributed by atoms with Gasteiger partial charge in [-0.05, 0) is 24.1 Å². The molecule has 132 valence electrons. The largest absolute Gasteiger partial charge is 0.356 e. The van der Waals surface area contributed by atoms with Gasteiger partial charge >= 0.3 is 0 Å². The van der Waals surface area contributed by atoms with Gasteiger partial charge in [-0.3, -0.25) is 4.79 Å². The summed E-state index contributed by atoms with van der Waals surface area (Å²) in [4.78, 5) is 18.9. The van der Waals surface area contributed by atoms with Crippen LogP contribution < -0.4 is 10.6 Å². The lowest BCUT2D eigenvalue weighted by Gasteiger charge is -2.15. The van der Waals surface area contributed by atoms with Crippen LogP contribution in [0, 0.1) is 0 Å². The first-order valence-electron chi connectivity index (χ1n) is 7.30. The molecule has 0 fully saturated rings. The second kappa shape index (κ2) is 12.9. The Kier molecular flexibility index (Phi) is 12.6. The van der Waals surface area contributed by atoms with Gasteiger partial charge in [-0.25, -0.2) is 4.99 Å². The topological polar surface area (TPSA) is 56.7 Å². The van der Waals surface area contributed by atoms with E-state index in [2.05, 4.69) is 46.3 Å². The SMILES string of the molecule is CSC(C)CNC(=NCC(=O)N(C)C)NCCc1cccs1.I. The Bertz CT molecular complexity index is 466. The molecule has 0 saturated heterocycles. The first-order chi connectivity index (χ1) is 10.5. The Hall–Kier alpha value is -0.480. The zero-order valence-electron chi connectivity index (χ0n) is 14.2. The molecule has 0 radical (unpaired) electrons. The summed E-state index contributed by atoms with van der Waals surface area (Å²) in [6.07, 6.45) is 3.04. The van der Waals surface area contributed by atoms with Crippen molar-refractivity contribution in [2.45, 2.75) is 18.6 Å². The first-order valence-corrected chi connectivity index (χ1v) is 9.47. The first kappa shape index (κ1) is 22.5. The highest BCUT2D eigenvalue weighted by molar-refractivity contribution is 14.0. The van der Waals surface area contributed by atoms with Crippen LogP contribution in [0.4, 0.5) is 0 Å². The Morgan fingerprint density at radius 1 is 1.43 bits per heavy atom. The van der Waals surface area contributed by atoms with Crippen molar-refractivity contribution < 1.29 is 4.79 Å². The highest BCUT2D eigenvalue weighted by Gasteiger charge is 2.06. The molecule has 2 N–H and O–H groups in total. The molecule has 1 heterocycles. The molecule has 1 amide bonds. The number of carbonyl (C=O) groups is 1. The zero-order valence-corrected chi connectivity index (χ0v) is 18.1. The number of hydrogen-bond donors (Lipinski definition) is 2. The van der Waals surface area contributed by atoms with Crippen LogP contribution in [0.15, 0.2) is 22.5 Å². The number of guanidine groups is 1. The average Bonchev–Trinajstić information content (AvgIpc) is 3.01. The molecule has 0 saturated carbocycles. The van der Waals surface area contributed by atoms with Gasteiger partial charge in [0.15, 0.2) is 5.96 Å². The van der Waals surface area contributed by atoms with Gasteiger partial charge in [0.2, 0.25) is 5.91 Å². The molecule has 1 aromatic heterocycles. The van der Waals surface area contributed by atoms with E-state index in [0.29, 0.717) is 11.2 Å². The molecular formula is C15H27IN4OS2. The second-order valence-corrected chi connectivity index (χ2v) is 7.44. The van der Waals surface area contributed by atoms with Crippen LogP contribution in [0.2, 0.25) is 0 Å². The average molecular weight is 470 g/mol. The Morgan fingerprint density at radius 3 is 2.74 bits per heavy atom. The maximum absolute atomic E-state index is 11.7. The molecule has 1 unspecified atom stereocenters. The van der Waals surface area contributed by atoms with Crippen LogP contribution in [-0.4, -0.2) is 62.0 Å². The van der Waals surface area contributed by atoms with Crippen molar-refractivity contribution in [1.29, 1.82) is 0 Å². The molecule has 1 rings (SSSR count). The van der Waals surface area contributed by atoms with Crippen molar-refractivity contribution in [1.82, 2.24) is 15.5 Å². The fourth-order valence-corrected chi connectivity index (χ4v) is 2.50. The number of nitrogens with one attached hydrogen (secondary N) is 2.